The molecule has 18 heavy (non-hydrogen) atoms. The van der Waals surface area contributed by atoms with E-state index >= 15 is 0 Å². The van der Waals surface area contributed by atoms with Crippen LogP contribution in [-0.2, 0) is 4.74 Å². The molecule has 2 aromatic rings. The van der Waals surface area contributed by atoms with Crippen molar-refractivity contribution in [3.8, 4) is 11.3 Å². The first-order valence-corrected chi connectivity index (χ1v) is 6.90. The van der Waals surface area contributed by atoms with Crippen LogP contribution in [0.2, 0.25) is 0 Å². The fraction of sp³-hybridized carbons (Fsp3) is 0.385. The summed E-state index contributed by atoms with van der Waals surface area (Å²) in [6, 6.07) is 3.90. The van der Waals surface area contributed by atoms with Crippen molar-refractivity contribution in [3.63, 3.8) is 0 Å². The van der Waals surface area contributed by atoms with Gasteiger partial charge in [0.1, 0.15) is 6.23 Å². The highest BCUT2D eigenvalue weighted by molar-refractivity contribution is 9.10. The highest BCUT2D eigenvalue weighted by Crippen LogP contribution is 2.25. The molecule has 2 aromatic heterocycles. The van der Waals surface area contributed by atoms with Crippen molar-refractivity contribution < 1.29 is 4.74 Å². The molecule has 0 N–H and O–H groups in total. The summed E-state index contributed by atoms with van der Waals surface area (Å²) in [5.41, 5.74) is 1.94. The highest BCUT2D eigenvalue weighted by Gasteiger charge is 2.16. The number of pyridine rings is 1. The zero-order valence-electron chi connectivity index (χ0n) is 9.92. The standard InChI is InChI=1S/C13H14BrN3O/c14-11-4-5-15-12(7-11)10-8-16-17(9-10)13-3-1-2-6-18-13/h4-5,7-9,13H,1-3,6H2. The molecule has 3 rings (SSSR count). The number of nitrogens with zero attached hydrogens (tertiary/aromatic N) is 3. The van der Waals surface area contributed by atoms with Gasteiger partial charge in [-0.1, -0.05) is 15.9 Å². The predicted octanol–water partition coefficient (Wildman–Crippen LogP) is 3.41. The number of ether oxygens (including phenoxy) is 1. The second-order valence-electron chi connectivity index (χ2n) is 4.39. The van der Waals surface area contributed by atoms with Crippen LogP contribution in [0.15, 0.2) is 35.2 Å². The van der Waals surface area contributed by atoms with Crippen LogP contribution in [0.3, 0.4) is 0 Å². The number of halogens is 1. The molecule has 4 nitrogen and oxygen atoms in total. The molecule has 5 heteroatoms. The minimum atomic E-state index is 0.0830. The van der Waals surface area contributed by atoms with Crippen LogP contribution in [0.5, 0.6) is 0 Å². The van der Waals surface area contributed by atoms with Gasteiger partial charge < -0.3 is 4.74 Å². The van der Waals surface area contributed by atoms with Gasteiger partial charge in [-0.2, -0.15) is 5.10 Å². The van der Waals surface area contributed by atoms with Crippen LogP contribution >= 0.6 is 15.9 Å². The summed E-state index contributed by atoms with van der Waals surface area (Å²) in [5.74, 6) is 0. The Morgan fingerprint density at radius 3 is 3.11 bits per heavy atom. The van der Waals surface area contributed by atoms with Gasteiger partial charge in [-0.3, -0.25) is 4.98 Å². The van der Waals surface area contributed by atoms with Gasteiger partial charge in [-0.05, 0) is 31.4 Å². The van der Waals surface area contributed by atoms with Gasteiger partial charge in [0.25, 0.3) is 0 Å². The second kappa shape index (κ2) is 5.20. The van der Waals surface area contributed by atoms with Crippen LogP contribution in [0.25, 0.3) is 11.3 Å². The summed E-state index contributed by atoms with van der Waals surface area (Å²) in [4.78, 5) is 4.34. The van der Waals surface area contributed by atoms with Crippen molar-refractivity contribution >= 4 is 15.9 Å². The van der Waals surface area contributed by atoms with Crippen LogP contribution < -0.4 is 0 Å². The lowest BCUT2D eigenvalue weighted by atomic mass is 10.2. The summed E-state index contributed by atoms with van der Waals surface area (Å²) < 4.78 is 8.63. The Morgan fingerprint density at radius 2 is 2.33 bits per heavy atom. The smallest absolute Gasteiger partial charge is 0.150 e. The average Bonchev–Trinajstić information content (AvgIpc) is 2.89. The molecular weight excluding hydrogens is 294 g/mol. The van der Waals surface area contributed by atoms with Gasteiger partial charge in [-0.25, -0.2) is 4.68 Å². The van der Waals surface area contributed by atoms with Crippen LogP contribution in [0.1, 0.15) is 25.5 Å². The maximum absolute atomic E-state index is 5.71. The first kappa shape index (κ1) is 11.9. The highest BCUT2D eigenvalue weighted by atomic mass is 79.9. The largest absolute Gasteiger partial charge is 0.357 e. The molecule has 1 saturated heterocycles. The third-order valence-electron chi connectivity index (χ3n) is 3.07. The molecule has 3 heterocycles. The molecule has 0 aliphatic carbocycles. The predicted molar refractivity (Wildman–Crippen MR) is 72.0 cm³/mol. The van der Waals surface area contributed by atoms with Crippen LogP contribution in [0.4, 0.5) is 0 Å². The third kappa shape index (κ3) is 2.47. The van der Waals surface area contributed by atoms with E-state index in [0.29, 0.717) is 0 Å². The van der Waals surface area contributed by atoms with Gasteiger partial charge >= 0.3 is 0 Å². The molecule has 94 valence electrons. The van der Waals surface area contributed by atoms with Gasteiger partial charge in [0, 0.05) is 29.0 Å². The molecule has 1 aliphatic heterocycles. The minimum Gasteiger partial charge on any atom is -0.357 e. The molecule has 0 spiro atoms. The number of aromatic nitrogens is 3. The molecule has 1 fully saturated rings. The minimum absolute atomic E-state index is 0.0830. The van der Waals surface area contributed by atoms with E-state index < -0.39 is 0 Å². The lowest BCUT2D eigenvalue weighted by Crippen LogP contribution is -2.18. The van der Waals surface area contributed by atoms with E-state index in [1.165, 1.54) is 6.42 Å². The first-order valence-electron chi connectivity index (χ1n) is 6.10. The SMILES string of the molecule is Brc1ccnc(-c2cnn(C3CCCCO3)c2)c1. The quantitative estimate of drug-likeness (QED) is 0.853. The van der Waals surface area contributed by atoms with Gasteiger partial charge in [0.05, 0.1) is 11.9 Å². The summed E-state index contributed by atoms with van der Waals surface area (Å²) >= 11 is 3.45. The van der Waals surface area contributed by atoms with Crippen molar-refractivity contribution in [1.29, 1.82) is 0 Å². The van der Waals surface area contributed by atoms with Gasteiger partial charge in [0.15, 0.2) is 0 Å². The maximum Gasteiger partial charge on any atom is 0.150 e. The molecular formula is C13H14BrN3O. The second-order valence-corrected chi connectivity index (χ2v) is 5.31. The maximum atomic E-state index is 5.71. The fourth-order valence-corrected chi connectivity index (χ4v) is 2.46. The van der Waals surface area contributed by atoms with Gasteiger partial charge in [-0.15, -0.1) is 0 Å². The van der Waals surface area contributed by atoms with E-state index in [4.69, 9.17) is 4.74 Å². The van der Waals surface area contributed by atoms with E-state index in [-0.39, 0.29) is 6.23 Å². The summed E-state index contributed by atoms with van der Waals surface area (Å²) in [5, 5.41) is 4.38. The van der Waals surface area contributed by atoms with Crippen molar-refractivity contribution in [2.75, 3.05) is 6.61 Å². The lowest BCUT2D eigenvalue weighted by Gasteiger charge is -2.22. The topological polar surface area (TPSA) is 39.9 Å². The molecule has 0 amide bonds. The molecule has 0 aromatic carbocycles. The van der Waals surface area contributed by atoms with E-state index in [1.807, 2.05) is 29.2 Å². The number of hydrogen-bond acceptors (Lipinski definition) is 3. The Hall–Kier alpha value is -1.20. The van der Waals surface area contributed by atoms with Crippen LogP contribution in [-0.4, -0.2) is 21.4 Å². The Labute approximate surface area is 114 Å². The first-order chi connectivity index (χ1) is 8.83. The number of hydrogen-bond donors (Lipinski definition) is 0. The van der Waals surface area contributed by atoms with E-state index in [9.17, 15) is 0 Å². The zero-order valence-corrected chi connectivity index (χ0v) is 11.5. The van der Waals surface area contributed by atoms with E-state index in [2.05, 4.69) is 26.0 Å². The fourth-order valence-electron chi connectivity index (χ4n) is 2.12. The molecule has 0 radical (unpaired) electrons. The zero-order chi connectivity index (χ0) is 12.4. The van der Waals surface area contributed by atoms with E-state index in [0.717, 1.165) is 35.2 Å². The molecule has 1 aliphatic rings. The van der Waals surface area contributed by atoms with Crippen molar-refractivity contribution in [2.24, 2.45) is 0 Å². The molecule has 1 atom stereocenters. The summed E-state index contributed by atoms with van der Waals surface area (Å²) in [6.45, 7) is 0.828. The Kier molecular flexibility index (Phi) is 3.43. The molecule has 1 unspecified atom stereocenters. The van der Waals surface area contributed by atoms with Crippen LogP contribution in [0, 0.1) is 0 Å². The molecule has 0 bridgehead atoms. The average molecular weight is 308 g/mol. The summed E-state index contributed by atoms with van der Waals surface area (Å²) in [7, 11) is 0. The Balaban J connectivity index is 1.84. The molecule has 0 saturated carbocycles. The van der Waals surface area contributed by atoms with Crippen molar-refractivity contribution in [3.05, 3.63) is 35.2 Å². The lowest BCUT2D eigenvalue weighted by molar-refractivity contribution is -0.0394. The normalized spacial score (nSPS) is 19.9. The van der Waals surface area contributed by atoms with Gasteiger partial charge in [0.2, 0.25) is 0 Å². The van der Waals surface area contributed by atoms with Crippen molar-refractivity contribution in [2.45, 2.75) is 25.5 Å². The monoisotopic (exact) mass is 307 g/mol. The van der Waals surface area contributed by atoms with Crippen molar-refractivity contribution in [1.82, 2.24) is 14.8 Å². The third-order valence-corrected chi connectivity index (χ3v) is 3.56. The Morgan fingerprint density at radius 1 is 1.39 bits per heavy atom. The summed E-state index contributed by atoms with van der Waals surface area (Å²) in [6.07, 6.45) is 9.10. The number of rotatable bonds is 2. The Bertz CT molecular complexity index is 535. The van der Waals surface area contributed by atoms with E-state index in [1.54, 1.807) is 6.20 Å².